The number of hydrogen-bond donors (Lipinski definition) is 2. The van der Waals surface area contributed by atoms with Crippen molar-refractivity contribution in [1.82, 2.24) is 24.9 Å². The van der Waals surface area contributed by atoms with Crippen molar-refractivity contribution in [1.29, 1.82) is 0 Å². The van der Waals surface area contributed by atoms with Crippen LogP contribution in [0.4, 0.5) is 5.82 Å². The minimum Gasteiger partial charge on any atom is -0.315 e. The normalized spacial score (nSPS) is 18.9. The van der Waals surface area contributed by atoms with Crippen molar-refractivity contribution in [2.24, 2.45) is 7.05 Å². The molecule has 1 amide bonds. The highest BCUT2D eigenvalue weighted by atomic mass is 16.2. The first-order valence-corrected chi connectivity index (χ1v) is 6.79. The Balaban J connectivity index is 1.67. The van der Waals surface area contributed by atoms with Gasteiger partial charge in [-0.15, -0.1) is 0 Å². The van der Waals surface area contributed by atoms with Crippen LogP contribution in [0.2, 0.25) is 0 Å². The molecule has 3 rings (SSSR count). The maximum atomic E-state index is 12.1. The van der Waals surface area contributed by atoms with Crippen LogP contribution in [0.15, 0.2) is 24.5 Å². The summed E-state index contributed by atoms with van der Waals surface area (Å²) in [5.74, 6) is 0.303. The van der Waals surface area contributed by atoms with Gasteiger partial charge in [-0.1, -0.05) is 0 Å². The highest BCUT2D eigenvalue weighted by molar-refractivity contribution is 6.02. The summed E-state index contributed by atoms with van der Waals surface area (Å²) in [6, 6.07) is 3.83. The molecule has 0 spiro atoms. The maximum Gasteiger partial charge on any atom is 0.277 e. The van der Waals surface area contributed by atoms with Crippen molar-refractivity contribution in [2.75, 3.05) is 18.4 Å². The third-order valence-electron chi connectivity index (χ3n) is 3.44. The largest absolute Gasteiger partial charge is 0.315 e. The number of anilines is 1. The van der Waals surface area contributed by atoms with E-state index in [4.69, 9.17) is 0 Å². The second kappa shape index (κ2) is 5.46. The molecule has 1 aliphatic heterocycles. The summed E-state index contributed by atoms with van der Waals surface area (Å²) >= 11 is 0. The predicted molar refractivity (Wildman–Crippen MR) is 74.5 cm³/mol. The van der Waals surface area contributed by atoms with E-state index in [9.17, 15) is 4.79 Å². The van der Waals surface area contributed by atoms with Crippen LogP contribution in [0.5, 0.6) is 0 Å². The summed E-state index contributed by atoms with van der Waals surface area (Å²) in [5, 5.41) is 14.6. The predicted octanol–water partition coefficient (Wildman–Crippen LogP) is 0.793. The van der Waals surface area contributed by atoms with Crippen molar-refractivity contribution >= 4 is 11.7 Å². The van der Waals surface area contributed by atoms with Gasteiger partial charge in [0.15, 0.2) is 11.5 Å². The van der Waals surface area contributed by atoms with Crippen LogP contribution in [0, 0.1) is 0 Å². The summed E-state index contributed by atoms with van der Waals surface area (Å²) < 4.78 is 3.52. The number of aromatic nitrogens is 4. The molecule has 0 radical (unpaired) electrons. The topological polar surface area (TPSA) is 76.8 Å². The van der Waals surface area contributed by atoms with Gasteiger partial charge >= 0.3 is 0 Å². The summed E-state index contributed by atoms with van der Waals surface area (Å²) in [7, 11) is 1.81. The van der Waals surface area contributed by atoms with Gasteiger partial charge in [0, 0.05) is 32.1 Å². The highest BCUT2D eigenvalue weighted by Crippen LogP contribution is 2.16. The molecule has 0 saturated carbocycles. The number of hydrogen-bond acceptors (Lipinski definition) is 4. The number of rotatable bonds is 3. The SMILES string of the molecule is Cn1ccc(NC(=O)c2ccn(C3CCCNC3)n2)n1. The Kier molecular flexibility index (Phi) is 3.51. The average Bonchev–Trinajstić information content (AvgIpc) is 3.09. The van der Waals surface area contributed by atoms with Crippen molar-refractivity contribution in [2.45, 2.75) is 18.9 Å². The van der Waals surface area contributed by atoms with Crippen LogP contribution >= 0.6 is 0 Å². The van der Waals surface area contributed by atoms with E-state index in [0.717, 1.165) is 25.9 Å². The van der Waals surface area contributed by atoms with Crippen molar-refractivity contribution < 1.29 is 4.79 Å². The van der Waals surface area contributed by atoms with E-state index < -0.39 is 0 Å². The zero-order valence-corrected chi connectivity index (χ0v) is 11.4. The molecule has 7 nitrogen and oxygen atoms in total. The summed E-state index contributed by atoms with van der Waals surface area (Å²) in [6.45, 7) is 1.97. The first-order valence-electron chi connectivity index (χ1n) is 6.79. The number of carbonyl (C=O) groups is 1. The summed E-state index contributed by atoms with van der Waals surface area (Å²) in [5.41, 5.74) is 0.418. The number of amides is 1. The second-order valence-corrected chi connectivity index (χ2v) is 5.01. The van der Waals surface area contributed by atoms with Crippen molar-refractivity contribution in [3.8, 4) is 0 Å². The molecule has 1 atom stereocenters. The Morgan fingerprint density at radius 3 is 3.00 bits per heavy atom. The second-order valence-electron chi connectivity index (χ2n) is 5.01. The molecule has 2 aromatic rings. The number of nitrogens with zero attached hydrogens (tertiary/aromatic N) is 4. The fourth-order valence-electron chi connectivity index (χ4n) is 2.38. The monoisotopic (exact) mass is 274 g/mol. The molecule has 3 heterocycles. The Morgan fingerprint density at radius 1 is 1.40 bits per heavy atom. The first-order chi connectivity index (χ1) is 9.72. The standard InChI is InChI=1S/C13H18N6O/c1-18-7-5-12(17-18)15-13(20)11-4-8-19(16-11)10-3-2-6-14-9-10/h4-5,7-8,10,14H,2-3,6,9H2,1H3,(H,15,17,20). The number of piperidine rings is 1. The van der Waals surface area contributed by atoms with E-state index in [-0.39, 0.29) is 5.91 Å². The van der Waals surface area contributed by atoms with E-state index in [1.165, 1.54) is 0 Å². The Morgan fingerprint density at radius 2 is 2.30 bits per heavy atom. The van der Waals surface area contributed by atoms with Crippen molar-refractivity contribution in [3.05, 3.63) is 30.2 Å². The fourth-order valence-corrected chi connectivity index (χ4v) is 2.38. The Labute approximate surface area is 117 Å². The third-order valence-corrected chi connectivity index (χ3v) is 3.44. The molecule has 20 heavy (non-hydrogen) atoms. The van der Waals surface area contributed by atoms with Crippen LogP contribution in [0.1, 0.15) is 29.4 Å². The molecular formula is C13H18N6O. The lowest BCUT2D eigenvalue weighted by atomic mass is 10.1. The molecule has 106 valence electrons. The van der Waals surface area contributed by atoms with Gasteiger partial charge in [0.1, 0.15) is 0 Å². The third kappa shape index (κ3) is 2.72. The molecule has 0 bridgehead atoms. The van der Waals surface area contributed by atoms with Crippen LogP contribution in [-0.2, 0) is 7.05 Å². The molecule has 1 saturated heterocycles. The lowest BCUT2D eigenvalue weighted by molar-refractivity contribution is 0.102. The van der Waals surface area contributed by atoms with Gasteiger partial charge in [0.25, 0.3) is 5.91 Å². The molecule has 0 aliphatic carbocycles. The van der Waals surface area contributed by atoms with Gasteiger partial charge in [0.2, 0.25) is 0 Å². The minimum absolute atomic E-state index is 0.230. The average molecular weight is 274 g/mol. The van der Waals surface area contributed by atoms with Crippen molar-refractivity contribution in [3.63, 3.8) is 0 Å². The number of carbonyl (C=O) groups excluding carboxylic acids is 1. The lowest BCUT2D eigenvalue weighted by Gasteiger charge is -2.22. The maximum absolute atomic E-state index is 12.1. The van der Waals surface area contributed by atoms with Crippen LogP contribution in [0.3, 0.4) is 0 Å². The van der Waals surface area contributed by atoms with E-state index in [0.29, 0.717) is 17.6 Å². The van der Waals surface area contributed by atoms with Crippen LogP contribution in [0.25, 0.3) is 0 Å². The molecule has 1 unspecified atom stereocenters. The fraction of sp³-hybridized carbons (Fsp3) is 0.462. The zero-order valence-electron chi connectivity index (χ0n) is 11.4. The summed E-state index contributed by atoms with van der Waals surface area (Å²) in [4.78, 5) is 12.1. The zero-order chi connectivity index (χ0) is 13.9. The smallest absolute Gasteiger partial charge is 0.277 e. The minimum atomic E-state index is -0.230. The number of nitrogens with one attached hydrogen (secondary N) is 2. The van der Waals surface area contributed by atoms with Gasteiger partial charge in [-0.05, 0) is 25.5 Å². The van der Waals surface area contributed by atoms with Gasteiger partial charge in [-0.3, -0.25) is 14.2 Å². The van der Waals surface area contributed by atoms with Gasteiger partial charge in [-0.25, -0.2) is 0 Å². The van der Waals surface area contributed by atoms with E-state index in [1.807, 2.05) is 10.9 Å². The van der Waals surface area contributed by atoms with E-state index >= 15 is 0 Å². The van der Waals surface area contributed by atoms with Gasteiger partial charge in [-0.2, -0.15) is 10.2 Å². The van der Waals surface area contributed by atoms with E-state index in [1.54, 1.807) is 30.1 Å². The van der Waals surface area contributed by atoms with Gasteiger partial charge in [0.05, 0.1) is 6.04 Å². The molecule has 2 N–H and O–H groups in total. The van der Waals surface area contributed by atoms with Gasteiger partial charge < -0.3 is 10.6 Å². The number of aryl methyl sites for hydroxylation is 1. The quantitative estimate of drug-likeness (QED) is 0.867. The first kappa shape index (κ1) is 12.9. The van der Waals surface area contributed by atoms with E-state index in [2.05, 4.69) is 20.8 Å². The molecule has 0 aromatic carbocycles. The Bertz CT molecular complexity index is 596. The highest BCUT2D eigenvalue weighted by Gasteiger charge is 2.18. The van der Waals surface area contributed by atoms with Crippen LogP contribution < -0.4 is 10.6 Å². The molecule has 1 fully saturated rings. The Hall–Kier alpha value is -2.15. The lowest BCUT2D eigenvalue weighted by Crippen LogP contribution is -2.32. The summed E-state index contributed by atoms with van der Waals surface area (Å²) in [6.07, 6.45) is 5.88. The molecule has 2 aromatic heterocycles. The molecule has 7 heteroatoms. The molecular weight excluding hydrogens is 256 g/mol. The molecule has 1 aliphatic rings. The van der Waals surface area contributed by atoms with Crippen LogP contribution in [-0.4, -0.2) is 38.6 Å².